The van der Waals surface area contributed by atoms with Crippen molar-refractivity contribution in [2.24, 2.45) is 17.3 Å². The number of nitrogens with zero attached hydrogens (tertiary/aromatic N) is 2. The Labute approximate surface area is 233 Å². The van der Waals surface area contributed by atoms with Crippen molar-refractivity contribution < 1.29 is 19.4 Å². The fourth-order valence-electron chi connectivity index (χ4n) is 6.53. The molecule has 1 aliphatic carbocycles. The summed E-state index contributed by atoms with van der Waals surface area (Å²) in [6.45, 7) is 12.6. The van der Waals surface area contributed by atoms with Crippen molar-refractivity contribution in [2.75, 3.05) is 12.4 Å². The summed E-state index contributed by atoms with van der Waals surface area (Å²) in [7, 11) is 1.59. The number of carbonyl (C=O) groups is 2. The summed E-state index contributed by atoms with van der Waals surface area (Å²) in [5.74, 6) is -1.07. The molecule has 0 radical (unpaired) electrons. The van der Waals surface area contributed by atoms with Crippen molar-refractivity contribution in [3.05, 3.63) is 53.7 Å². The Balaban J connectivity index is 1.90. The average molecular weight is 536 g/mol. The van der Waals surface area contributed by atoms with E-state index in [9.17, 15) is 14.7 Å². The van der Waals surface area contributed by atoms with E-state index >= 15 is 0 Å². The van der Waals surface area contributed by atoms with Gasteiger partial charge in [-0.15, -0.1) is 0 Å². The Morgan fingerprint density at radius 2 is 1.67 bits per heavy atom. The lowest BCUT2D eigenvalue weighted by molar-refractivity contribution is -0.154. The second-order valence-corrected chi connectivity index (χ2v) is 13.3. The third-order valence-electron chi connectivity index (χ3n) is 8.50. The SMILES string of the molecule is COc1ncc(C(C)(C)C)cc1N[C@H]1[C@H](C(C)(C)C)[C@@H](C(=O)O)N(C(=O)C2CCCCC2)[C@H]1c1ccccc1. The van der Waals surface area contributed by atoms with E-state index in [-0.39, 0.29) is 29.2 Å². The number of carbonyl (C=O) groups excluding carboxylic acids is 1. The first-order chi connectivity index (χ1) is 18.3. The third kappa shape index (κ3) is 5.92. The maximum absolute atomic E-state index is 14.3. The Hall–Kier alpha value is -3.09. The van der Waals surface area contributed by atoms with E-state index < -0.39 is 23.5 Å². The molecule has 0 spiro atoms. The van der Waals surface area contributed by atoms with Crippen LogP contribution in [0.3, 0.4) is 0 Å². The molecule has 4 rings (SSSR count). The second-order valence-electron chi connectivity index (χ2n) is 13.3. The number of amides is 1. The Bertz CT molecular complexity index is 1160. The molecule has 0 unspecified atom stereocenters. The summed E-state index contributed by atoms with van der Waals surface area (Å²) in [5, 5.41) is 14.4. The Morgan fingerprint density at radius 1 is 1.03 bits per heavy atom. The molecule has 1 saturated carbocycles. The molecule has 1 aromatic carbocycles. The fourth-order valence-corrected chi connectivity index (χ4v) is 6.53. The Kier molecular flexibility index (Phi) is 8.29. The highest BCUT2D eigenvalue weighted by atomic mass is 16.5. The lowest BCUT2D eigenvalue weighted by atomic mass is 9.72. The van der Waals surface area contributed by atoms with Crippen LogP contribution in [0.4, 0.5) is 5.69 Å². The summed E-state index contributed by atoms with van der Waals surface area (Å²) in [4.78, 5) is 33.7. The fraction of sp³-hybridized carbons (Fsp3) is 0.594. The lowest BCUT2D eigenvalue weighted by Crippen LogP contribution is -2.49. The number of nitrogens with one attached hydrogen (secondary N) is 1. The van der Waals surface area contributed by atoms with Crippen LogP contribution in [-0.4, -0.2) is 46.1 Å². The molecular formula is C32H45N3O4. The van der Waals surface area contributed by atoms with Crippen LogP contribution >= 0.6 is 0 Å². The number of carboxylic acid groups (broad SMARTS) is 1. The molecule has 39 heavy (non-hydrogen) atoms. The standard InChI is InChI=1S/C32H45N3O4/c1-31(2,3)22-18-23(28(39-7)33-19-22)34-25-24(32(4,5)6)27(30(37)38)35(26(25)20-14-10-8-11-15-20)29(36)21-16-12-9-13-17-21/h8,10-11,14-15,18-19,21,24-27,34H,9,12-13,16-17H2,1-7H3,(H,37,38)/t24-,25-,26-,27-/m0/s1. The number of likely N-dealkylation sites (tertiary alicyclic amines) is 1. The number of carboxylic acids is 1. The quantitative estimate of drug-likeness (QED) is 0.442. The van der Waals surface area contributed by atoms with E-state index in [1.165, 1.54) is 0 Å². The minimum atomic E-state index is -0.966. The first-order valence-corrected chi connectivity index (χ1v) is 14.3. The molecule has 212 valence electrons. The van der Waals surface area contributed by atoms with Crippen LogP contribution in [0.2, 0.25) is 0 Å². The van der Waals surface area contributed by atoms with Crippen LogP contribution in [0.15, 0.2) is 42.6 Å². The molecule has 1 amide bonds. The van der Waals surface area contributed by atoms with Crippen molar-refractivity contribution >= 4 is 17.6 Å². The largest absolute Gasteiger partial charge is 0.480 e. The Morgan fingerprint density at radius 3 is 2.21 bits per heavy atom. The summed E-state index contributed by atoms with van der Waals surface area (Å²) < 4.78 is 5.66. The average Bonchev–Trinajstić information content (AvgIpc) is 3.24. The van der Waals surface area contributed by atoms with Gasteiger partial charge >= 0.3 is 5.97 Å². The summed E-state index contributed by atoms with van der Waals surface area (Å²) in [6, 6.07) is 10.1. The van der Waals surface area contributed by atoms with Crippen LogP contribution in [0.5, 0.6) is 5.88 Å². The van der Waals surface area contributed by atoms with Gasteiger partial charge in [-0.3, -0.25) is 4.79 Å². The monoisotopic (exact) mass is 535 g/mol. The first kappa shape index (κ1) is 28.9. The zero-order valence-electron chi connectivity index (χ0n) is 24.5. The van der Waals surface area contributed by atoms with Crippen molar-refractivity contribution in [1.82, 2.24) is 9.88 Å². The van der Waals surface area contributed by atoms with Crippen molar-refractivity contribution in [3.63, 3.8) is 0 Å². The van der Waals surface area contributed by atoms with Crippen molar-refractivity contribution in [1.29, 1.82) is 0 Å². The summed E-state index contributed by atoms with van der Waals surface area (Å²) >= 11 is 0. The minimum Gasteiger partial charge on any atom is -0.480 e. The molecule has 2 aliphatic rings. The number of benzene rings is 1. The molecule has 2 heterocycles. The lowest BCUT2D eigenvalue weighted by Gasteiger charge is -2.36. The van der Waals surface area contributed by atoms with Gasteiger partial charge < -0.3 is 20.1 Å². The van der Waals surface area contributed by atoms with E-state index in [2.05, 4.69) is 57.9 Å². The van der Waals surface area contributed by atoms with Crippen molar-refractivity contribution in [2.45, 2.75) is 97.2 Å². The van der Waals surface area contributed by atoms with E-state index in [0.717, 1.165) is 43.2 Å². The van der Waals surface area contributed by atoms with Gasteiger partial charge in [0.1, 0.15) is 6.04 Å². The van der Waals surface area contributed by atoms with Gasteiger partial charge in [0.25, 0.3) is 0 Å². The number of aromatic nitrogens is 1. The molecule has 2 N–H and O–H groups in total. The number of methoxy groups -OCH3 is 1. The zero-order chi connectivity index (χ0) is 28.5. The minimum absolute atomic E-state index is 0.0389. The summed E-state index contributed by atoms with van der Waals surface area (Å²) in [6.07, 6.45) is 6.59. The van der Waals surface area contributed by atoms with Crippen LogP contribution in [0.1, 0.15) is 90.8 Å². The molecule has 0 bridgehead atoms. The van der Waals surface area contributed by atoms with Gasteiger partial charge in [-0.2, -0.15) is 0 Å². The smallest absolute Gasteiger partial charge is 0.326 e. The molecule has 2 fully saturated rings. The molecule has 1 aliphatic heterocycles. The highest BCUT2D eigenvalue weighted by molar-refractivity contribution is 5.87. The predicted molar refractivity (Wildman–Crippen MR) is 154 cm³/mol. The highest BCUT2D eigenvalue weighted by Crippen LogP contribution is 2.50. The first-order valence-electron chi connectivity index (χ1n) is 14.3. The number of hydrogen-bond acceptors (Lipinski definition) is 5. The van der Waals surface area contributed by atoms with E-state index in [4.69, 9.17) is 4.74 Å². The molecule has 2 aromatic rings. The van der Waals surface area contributed by atoms with Crippen LogP contribution < -0.4 is 10.1 Å². The number of rotatable bonds is 6. The van der Waals surface area contributed by atoms with Gasteiger partial charge in [-0.25, -0.2) is 9.78 Å². The second kappa shape index (κ2) is 11.2. The zero-order valence-corrected chi connectivity index (χ0v) is 24.5. The number of pyridine rings is 1. The molecule has 7 nitrogen and oxygen atoms in total. The van der Waals surface area contributed by atoms with Gasteiger partial charge in [0.2, 0.25) is 11.8 Å². The van der Waals surface area contributed by atoms with Gasteiger partial charge in [0, 0.05) is 18.0 Å². The topological polar surface area (TPSA) is 91.8 Å². The predicted octanol–water partition coefficient (Wildman–Crippen LogP) is 6.45. The number of ether oxygens (including phenoxy) is 1. The molecular weight excluding hydrogens is 490 g/mol. The maximum atomic E-state index is 14.3. The van der Waals surface area contributed by atoms with Crippen molar-refractivity contribution in [3.8, 4) is 5.88 Å². The van der Waals surface area contributed by atoms with E-state index in [1.807, 2.05) is 36.5 Å². The van der Waals surface area contributed by atoms with Crippen LogP contribution in [-0.2, 0) is 15.0 Å². The van der Waals surface area contributed by atoms with Gasteiger partial charge in [-0.05, 0) is 40.9 Å². The molecule has 1 saturated heterocycles. The number of anilines is 1. The van der Waals surface area contributed by atoms with Crippen LogP contribution in [0.25, 0.3) is 0 Å². The number of hydrogen-bond donors (Lipinski definition) is 2. The number of aliphatic carboxylic acids is 1. The third-order valence-corrected chi connectivity index (χ3v) is 8.50. The highest BCUT2D eigenvalue weighted by Gasteiger charge is 2.58. The van der Waals surface area contributed by atoms with E-state index in [1.54, 1.807) is 12.0 Å². The molecule has 7 heteroatoms. The normalized spacial score (nSPS) is 24.4. The van der Waals surface area contributed by atoms with Gasteiger partial charge in [0.15, 0.2) is 0 Å². The van der Waals surface area contributed by atoms with Crippen LogP contribution in [0, 0.1) is 17.3 Å². The molecule has 4 atom stereocenters. The van der Waals surface area contributed by atoms with Gasteiger partial charge in [0.05, 0.1) is 24.9 Å². The maximum Gasteiger partial charge on any atom is 0.326 e. The van der Waals surface area contributed by atoms with E-state index in [0.29, 0.717) is 11.6 Å². The summed E-state index contributed by atoms with van der Waals surface area (Å²) in [5.41, 5.74) is 2.12. The molecule has 1 aromatic heterocycles. The van der Waals surface area contributed by atoms with Gasteiger partial charge in [-0.1, -0.05) is 91.1 Å².